The van der Waals surface area contributed by atoms with Crippen molar-refractivity contribution >= 4 is 15.9 Å². The van der Waals surface area contributed by atoms with Gasteiger partial charge in [0.25, 0.3) is 0 Å². The molecule has 0 aliphatic rings. The maximum atomic E-state index is 11.8. The van der Waals surface area contributed by atoms with Gasteiger partial charge in [0.05, 0.1) is 10.4 Å². The van der Waals surface area contributed by atoms with Crippen LogP contribution < -0.4 is 15.8 Å². The van der Waals surface area contributed by atoms with E-state index < -0.39 is 15.6 Å². The van der Waals surface area contributed by atoms with Crippen LogP contribution in [-0.2, 0) is 21.4 Å². The third kappa shape index (κ3) is 4.30. The van der Waals surface area contributed by atoms with Crippen LogP contribution in [0.3, 0.4) is 0 Å². The fraction of sp³-hybridized carbons (Fsp3) is 0.417. The van der Waals surface area contributed by atoms with E-state index in [1.165, 1.54) is 12.1 Å². The number of rotatable bonds is 5. The second kappa shape index (κ2) is 5.68. The molecule has 0 atom stereocenters. The number of carbonyl (C=O) groups excluding carboxylic acids is 1. The maximum absolute atomic E-state index is 11.8. The molecule has 6 nitrogen and oxygen atoms in total. The van der Waals surface area contributed by atoms with Gasteiger partial charge < -0.3 is 10.6 Å². The van der Waals surface area contributed by atoms with Gasteiger partial charge in [-0.25, -0.2) is 13.6 Å². The Morgan fingerprint density at radius 3 is 2.53 bits per heavy atom. The molecule has 0 saturated carbocycles. The molecule has 0 spiro atoms. The van der Waals surface area contributed by atoms with Gasteiger partial charge in [-0.3, -0.25) is 4.79 Å². The Kier molecular flexibility index (Phi) is 4.67. The van der Waals surface area contributed by atoms with Crippen LogP contribution in [0.25, 0.3) is 0 Å². The first-order valence-corrected chi connectivity index (χ1v) is 7.30. The molecule has 1 rings (SSSR count). The normalized spacial score (nSPS) is 12.2. The molecule has 0 aliphatic heterocycles. The highest BCUT2D eigenvalue weighted by atomic mass is 32.2. The van der Waals surface area contributed by atoms with Crippen molar-refractivity contribution < 1.29 is 13.2 Å². The molecule has 1 amide bonds. The summed E-state index contributed by atoms with van der Waals surface area (Å²) in [5, 5.41) is 10.7. The summed E-state index contributed by atoms with van der Waals surface area (Å²) < 4.78 is 22.4. The predicted octanol–water partition coefficient (Wildman–Crippen LogP) is -0.0518. The van der Waals surface area contributed by atoms with Gasteiger partial charge in [0.15, 0.2) is 0 Å². The fourth-order valence-electron chi connectivity index (χ4n) is 1.35. The third-order valence-corrected chi connectivity index (χ3v) is 3.78. The number of carbonyl (C=O) groups is 1. The smallest absolute Gasteiger partial charge is 0.239 e. The van der Waals surface area contributed by atoms with Gasteiger partial charge in [-0.15, -0.1) is 0 Å². The minimum Gasteiger partial charge on any atom is -0.350 e. The zero-order valence-corrected chi connectivity index (χ0v) is 12.0. The van der Waals surface area contributed by atoms with E-state index in [1.807, 2.05) is 0 Å². The highest BCUT2D eigenvalue weighted by molar-refractivity contribution is 7.89. The van der Waals surface area contributed by atoms with Crippen LogP contribution in [-0.4, -0.2) is 26.9 Å². The van der Waals surface area contributed by atoms with Gasteiger partial charge in [0.2, 0.25) is 15.9 Å². The van der Waals surface area contributed by atoms with E-state index in [0.717, 1.165) is 0 Å². The van der Waals surface area contributed by atoms with Crippen molar-refractivity contribution in [1.82, 2.24) is 10.6 Å². The number of hydrogen-bond donors (Lipinski definition) is 3. The van der Waals surface area contributed by atoms with E-state index >= 15 is 0 Å². The molecule has 0 radical (unpaired) electrons. The van der Waals surface area contributed by atoms with Gasteiger partial charge in [-0.1, -0.05) is 12.1 Å². The summed E-state index contributed by atoms with van der Waals surface area (Å²) in [6.45, 7) is 3.75. The Bertz CT molecular complexity index is 567. The summed E-state index contributed by atoms with van der Waals surface area (Å²) in [6, 6.07) is 6.17. The minimum atomic E-state index is -3.72. The van der Waals surface area contributed by atoms with Crippen LogP contribution in [0.2, 0.25) is 0 Å². The molecule has 0 heterocycles. The predicted molar refractivity (Wildman–Crippen MR) is 72.8 cm³/mol. The third-order valence-electron chi connectivity index (χ3n) is 2.87. The lowest BCUT2D eigenvalue weighted by atomic mass is 10.1. The second-order valence-electron chi connectivity index (χ2n) is 4.75. The number of primary sulfonamides is 1. The van der Waals surface area contributed by atoms with Crippen molar-refractivity contribution in [3.8, 4) is 0 Å². The summed E-state index contributed by atoms with van der Waals surface area (Å²) in [5.74, 6) is -0.170. The Labute approximate surface area is 113 Å². The molecule has 0 aliphatic carbocycles. The molecule has 106 valence electrons. The first-order chi connectivity index (χ1) is 8.66. The van der Waals surface area contributed by atoms with Crippen molar-refractivity contribution in [3.63, 3.8) is 0 Å². The van der Waals surface area contributed by atoms with Crippen LogP contribution in [0, 0.1) is 0 Å². The molecule has 0 bridgehead atoms. The van der Waals surface area contributed by atoms with E-state index in [0.29, 0.717) is 5.56 Å². The lowest BCUT2D eigenvalue weighted by Gasteiger charge is -2.22. The largest absolute Gasteiger partial charge is 0.350 e. The van der Waals surface area contributed by atoms with Crippen molar-refractivity contribution in [3.05, 3.63) is 29.8 Å². The summed E-state index contributed by atoms with van der Waals surface area (Å²) in [5.41, 5.74) is -0.0100. The number of sulfonamides is 1. The Morgan fingerprint density at radius 2 is 2.00 bits per heavy atom. The van der Waals surface area contributed by atoms with Gasteiger partial charge in [0, 0.05) is 6.54 Å². The Hall–Kier alpha value is -1.44. The molecule has 0 saturated heterocycles. The van der Waals surface area contributed by atoms with Crippen LogP contribution in [0.15, 0.2) is 29.2 Å². The number of hydrogen-bond acceptors (Lipinski definition) is 4. The van der Waals surface area contributed by atoms with Crippen LogP contribution in [0.5, 0.6) is 0 Å². The standard InChI is InChI=1S/C12H19N3O3S/c1-12(2,14-3)11(16)15-8-9-5-4-6-10(7-9)19(13,17)18/h4-7,14H,8H2,1-3H3,(H,15,16)(H2,13,17,18). The fourth-order valence-corrected chi connectivity index (χ4v) is 1.93. The van der Waals surface area contributed by atoms with Crippen LogP contribution in [0.4, 0.5) is 0 Å². The first kappa shape index (κ1) is 15.6. The maximum Gasteiger partial charge on any atom is 0.239 e. The molecule has 0 aromatic heterocycles. The SMILES string of the molecule is CNC(C)(C)C(=O)NCc1cccc(S(N)(=O)=O)c1. The quantitative estimate of drug-likeness (QED) is 0.706. The molecule has 0 fully saturated rings. The van der Waals surface area contributed by atoms with Gasteiger partial charge in [-0.2, -0.15) is 0 Å². The molecular weight excluding hydrogens is 266 g/mol. The van der Waals surface area contributed by atoms with Gasteiger partial charge >= 0.3 is 0 Å². The molecule has 7 heteroatoms. The number of nitrogens with one attached hydrogen (secondary N) is 2. The first-order valence-electron chi connectivity index (χ1n) is 5.76. The average molecular weight is 285 g/mol. The number of likely N-dealkylation sites (N-methyl/N-ethyl adjacent to an activating group) is 1. The molecule has 1 aromatic rings. The number of benzene rings is 1. The zero-order chi connectivity index (χ0) is 14.7. The van der Waals surface area contributed by atoms with E-state index in [-0.39, 0.29) is 17.3 Å². The summed E-state index contributed by atoms with van der Waals surface area (Å²) in [7, 11) is -2.03. The van der Waals surface area contributed by atoms with Crippen molar-refractivity contribution in [2.75, 3.05) is 7.05 Å². The van der Waals surface area contributed by atoms with Gasteiger partial charge in [0.1, 0.15) is 0 Å². The summed E-state index contributed by atoms with van der Waals surface area (Å²) in [6.07, 6.45) is 0. The highest BCUT2D eigenvalue weighted by Crippen LogP contribution is 2.10. The topological polar surface area (TPSA) is 101 Å². The minimum absolute atomic E-state index is 0.0344. The van der Waals surface area contributed by atoms with E-state index in [1.54, 1.807) is 33.0 Å². The number of nitrogens with two attached hydrogens (primary N) is 1. The molecule has 4 N–H and O–H groups in total. The van der Waals surface area contributed by atoms with Gasteiger partial charge in [-0.05, 0) is 38.6 Å². The Balaban J connectivity index is 2.77. The molecule has 1 aromatic carbocycles. The second-order valence-corrected chi connectivity index (χ2v) is 6.31. The highest BCUT2D eigenvalue weighted by Gasteiger charge is 2.24. The number of amides is 1. The lowest BCUT2D eigenvalue weighted by Crippen LogP contribution is -2.50. The molecular formula is C12H19N3O3S. The van der Waals surface area contributed by atoms with E-state index in [9.17, 15) is 13.2 Å². The average Bonchev–Trinajstić information content (AvgIpc) is 2.35. The lowest BCUT2D eigenvalue weighted by molar-refractivity contribution is -0.126. The van der Waals surface area contributed by atoms with Crippen molar-refractivity contribution in [2.24, 2.45) is 5.14 Å². The van der Waals surface area contributed by atoms with Crippen LogP contribution in [0.1, 0.15) is 19.4 Å². The van der Waals surface area contributed by atoms with Crippen LogP contribution >= 0.6 is 0 Å². The monoisotopic (exact) mass is 285 g/mol. The van der Waals surface area contributed by atoms with E-state index in [2.05, 4.69) is 10.6 Å². The van der Waals surface area contributed by atoms with Crippen molar-refractivity contribution in [1.29, 1.82) is 0 Å². The molecule has 0 unspecified atom stereocenters. The Morgan fingerprint density at radius 1 is 1.37 bits per heavy atom. The van der Waals surface area contributed by atoms with Crippen molar-refractivity contribution in [2.45, 2.75) is 30.8 Å². The molecule has 19 heavy (non-hydrogen) atoms. The van der Waals surface area contributed by atoms with E-state index in [4.69, 9.17) is 5.14 Å². The summed E-state index contributed by atoms with van der Waals surface area (Å²) >= 11 is 0. The summed E-state index contributed by atoms with van der Waals surface area (Å²) in [4.78, 5) is 11.9. The zero-order valence-electron chi connectivity index (χ0n) is 11.2.